The number of aryl methyl sites for hydroxylation is 1. The summed E-state index contributed by atoms with van der Waals surface area (Å²) in [7, 11) is 0. The number of halogens is 2. The molecule has 0 amide bonds. The predicted molar refractivity (Wildman–Crippen MR) is 83.3 cm³/mol. The minimum absolute atomic E-state index is 0.386. The van der Waals surface area contributed by atoms with E-state index in [1.54, 1.807) is 11.8 Å². The van der Waals surface area contributed by atoms with E-state index in [0.29, 0.717) is 22.0 Å². The van der Waals surface area contributed by atoms with Gasteiger partial charge in [0.2, 0.25) is 0 Å². The van der Waals surface area contributed by atoms with Gasteiger partial charge >= 0.3 is 0 Å². The molecule has 0 radical (unpaired) electrons. The summed E-state index contributed by atoms with van der Waals surface area (Å²) < 4.78 is 0. The van der Waals surface area contributed by atoms with Gasteiger partial charge in [0, 0.05) is 10.8 Å². The van der Waals surface area contributed by atoms with Crippen LogP contribution in [0, 0.1) is 12.8 Å². The highest BCUT2D eigenvalue weighted by Gasteiger charge is 2.21. The van der Waals surface area contributed by atoms with Crippen LogP contribution in [0.3, 0.4) is 0 Å². The van der Waals surface area contributed by atoms with Gasteiger partial charge in [-0.05, 0) is 30.5 Å². The van der Waals surface area contributed by atoms with Gasteiger partial charge in [-0.15, -0.1) is 0 Å². The SMILES string of the molecule is Cc1cc(Cl)c(NC2=N[C@@H](C(C)C)CS2)cc1Cl. The van der Waals surface area contributed by atoms with E-state index in [1.165, 1.54) is 0 Å². The molecule has 1 heterocycles. The quantitative estimate of drug-likeness (QED) is 0.845. The fourth-order valence-electron chi connectivity index (χ4n) is 1.66. The number of nitrogens with one attached hydrogen (secondary N) is 1. The number of hydrogen-bond donors (Lipinski definition) is 1. The zero-order chi connectivity index (χ0) is 13.3. The first-order chi connectivity index (χ1) is 8.47. The van der Waals surface area contributed by atoms with Crippen molar-refractivity contribution < 1.29 is 0 Å². The van der Waals surface area contributed by atoms with Crippen molar-refractivity contribution in [3.8, 4) is 0 Å². The molecule has 0 saturated carbocycles. The van der Waals surface area contributed by atoms with Crippen molar-refractivity contribution >= 4 is 45.8 Å². The smallest absolute Gasteiger partial charge is 0.161 e. The Balaban J connectivity index is 2.16. The van der Waals surface area contributed by atoms with Gasteiger partial charge in [-0.25, -0.2) is 0 Å². The van der Waals surface area contributed by atoms with E-state index in [2.05, 4.69) is 24.2 Å². The van der Waals surface area contributed by atoms with Crippen molar-refractivity contribution in [2.24, 2.45) is 10.9 Å². The maximum Gasteiger partial charge on any atom is 0.161 e. The van der Waals surface area contributed by atoms with E-state index in [1.807, 2.05) is 19.1 Å². The van der Waals surface area contributed by atoms with Crippen molar-refractivity contribution in [3.63, 3.8) is 0 Å². The van der Waals surface area contributed by atoms with Gasteiger partial charge in [0.1, 0.15) is 0 Å². The van der Waals surface area contributed by atoms with E-state index >= 15 is 0 Å². The first-order valence-electron chi connectivity index (χ1n) is 5.90. The third kappa shape index (κ3) is 3.14. The molecular formula is C13H16Cl2N2S. The lowest BCUT2D eigenvalue weighted by Crippen LogP contribution is -2.12. The van der Waals surface area contributed by atoms with E-state index < -0.39 is 0 Å². The van der Waals surface area contributed by atoms with Crippen molar-refractivity contribution in [3.05, 3.63) is 27.7 Å². The summed E-state index contributed by atoms with van der Waals surface area (Å²) in [5.41, 5.74) is 1.80. The molecule has 1 aromatic carbocycles. The molecule has 1 aromatic rings. The van der Waals surface area contributed by atoms with Crippen molar-refractivity contribution in [1.82, 2.24) is 0 Å². The summed E-state index contributed by atoms with van der Waals surface area (Å²) in [5, 5.41) is 5.57. The lowest BCUT2D eigenvalue weighted by atomic mass is 10.1. The molecule has 1 aliphatic rings. The molecule has 0 fully saturated rings. The fourth-order valence-corrected chi connectivity index (χ4v) is 3.27. The average molecular weight is 303 g/mol. The molecule has 2 rings (SSSR count). The maximum absolute atomic E-state index is 6.19. The van der Waals surface area contributed by atoms with E-state index in [4.69, 9.17) is 23.2 Å². The third-order valence-corrected chi connectivity index (χ3v) is 4.64. The molecule has 98 valence electrons. The van der Waals surface area contributed by atoms with Crippen LogP contribution in [-0.2, 0) is 0 Å². The number of thioether (sulfide) groups is 1. The highest BCUT2D eigenvalue weighted by molar-refractivity contribution is 8.14. The number of nitrogens with zero attached hydrogens (tertiary/aromatic N) is 1. The van der Waals surface area contributed by atoms with E-state index in [-0.39, 0.29) is 0 Å². The van der Waals surface area contributed by atoms with Crippen LogP contribution in [0.4, 0.5) is 5.69 Å². The van der Waals surface area contributed by atoms with Crippen molar-refractivity contribution in [2.45, 2.75) is 26.8 Å². The zero-order valence-corrected chi connectivity index (χ0v) is 13.0. The van der Waals surface area contributed by atoms with Crippen LogP contribution in [-0.4, -0.2) is 17.0 Å². The predicted octanol–water partition coefficient (Wildman–Crippen LogP) is 4.84. The number of anilines is 1. The first kappa shape index (κ1) is 14.0. The van der Waals surface area contributed by atoms with Crippen LogP contribution < -0.4 is 5.32 Å². The number of amidine groups is 1. The molecule has 0 aromatic heterocycles. The molecule has 5 heteroatoms. The highest BCUT2D eigenvalue weighted by atomic mass is 35.5. The Morgan fingerprint density at radius 2 is 2.06 bits per heavy atom. The van der Waals surface area contributed by atoms with E-state index in [9.17, 15) is 0 Å². The van der Waals surface area contributed by atoms with Gasteiger partial charge in [0.05, 0.1) is 16.8 Å². The molecule has 1 atom stereocenters. The molecule has 0 saturated heterocycles. The van der Waals surface area contributed by atoms with Gasteiger partial charge < -0.3 is 5.32 Å². The Labute approximate surface area is 122 Å². The summed E-state index contributed by atoms with van der Waals surface area (Å²) in [4.78, 5) is 4.64. The van der Waals surface area contributed by atoms with Gasteiger partial charge in [-0.2, -0.15) is 0 Å². The maximum atomic E-state index is 6.19. The monoisotopic (exact) mass is 302 g/mol. The molecule has 0 bridgehead atoms. The van der Waals surface area contributed by atoms with Crippen LogP contribution in [0.25, 0.3) is 0 Å². The second-order valence-electron chi connectivity index (χ2n) is 4.76. The molecule has 0 spiro atoms. The standard InChI is InChI=1S/C13H16Cl2N2S/c1-7(2)12-6-18-13(17-12)16-11-5-9(14)8(3)4-10(11)15/h4-5,7,12H,6H2,1-3H3,(H,16,17)/t12-/m1/s1. The molecule has 0 aliphatic carbocycles. The molecule has 0 unspecified atom stereocenters. The lowest BCUT2D eigenvalue weighted by Gasteiger charge is -2.10. The van der Waals surface area contributed by atoms with Crippen molar-refractivity contribution in [2.75, 3.05) is 11.1 Å². The Kier molecular flexibility index (Phi) is 4.46. The Morgan fingerprint density at radius 1 is 1.33 bits per heavy atom. The summed E-state index contributed by atoms with van der Waals surface area (Å²) >= 11 is 14.0. The molecule has 18 heavy (non-hydrogen) atoms. The number of rotatable bonds is 2. The molecule has 1 N–H and O–H groups in total. The van der Waals surface area contributed by atoms with Crippen LogP contribution in [0.15, 0.2) is 17.1 Å². The number of benzene rings is 1. The highest BCUT2D eigenvalue weighted by Crippen LogP contribution is 2.31. The Bertz CT molecular complexity index is 486. The minimum atomic E-state index is 0.386. The summed E-state index contributed by atoms with van der Waals surface area (Å²) in [6.45, 7) is 6.31. The largest absolute Gasteiger partial charge is 0.334 e. The van der Waals surface area contributed by atoms with E-state index in [0.717, 1.165) is 22.2 Å². The molecule has 1 aliphatic heterocycles. The van der Waals surface area contributed by atoms with Gasteiger partial charge in [0.15, 0.2) is 5.17 Å². The molecular weight excluding hydrogens is 287 g/mol. The number of hydrogen-bond acceptors (Lipinski definition) is 3. The fraction of sp³-hybridized carbons (Fsp3) is 0.462. The number of aliphatic imine (C=N–C) groups is 1. The van der Waals surface area contributed by atoms with Crippen LogP contribution in [0.2, 0.25) is 10.0 Å². The van der Waals surface area contributed by atoms with Crippen molar-refractivity contribution in [1.29, 1.82) is 0 Å². The minimum Gasteiger partial charge on any atom is -0.334 e. The van der Waals surface area contributed by atoms with Gasteiger partial charge in [0.25, 0.3) is 0 Å². The van der Waals surface area contributed by atoms with Gasteiger partial charge in [-0.3, -0.25) is 4.99 Å². The lowest BCUT2D eigenvalue weighted by molar-refractivity contribution is 0.543. The second-order valence-corrected chi connectivity index (χ2v) is 6.59. The Morgan fingerprint density at radius 3 is 2.67 bits per heavy atom. The summed E-state index contributed by atoms with van der Waals surface area (Å²) in [6, 6.07) is 4.11. The topological polar surface area (TPSA) is 24.4 Å². The zero-order valence-electron chi connectivity index (χ0n) is 10.6. The molecule has 2 nitrogen and oxygen atoms in total. The summed E-state index contributed by atoms with van der Waals surface area (Å²) in [6.07, 6.45) is 0. The first-order valence-corrected chi connectivity index (χ1v) is 7.65. The van der Waals surface area contributed by atoms with Gasteiger partial charge in [-0.1, -0.05) is 48.8 Å². The third-order valence-electron chi connectivity index (χ3n) is 2.93. The second kappa shape index (κ2) is 5.72. The van der Waals surface area contributed by atoms with Crippen LogP contribution in [0.1, 0.15) is 19.4 Å². The normalized spacial score (nSPS) is 19.2. The summed E-state index contributed by atoms with van der Waals surface area (Å²) in [5.74, 6) is 1.59. The van der Waals surface area contributed by atoms with Crippen LogP contribution >= 0.6 is 35.0 Å². The average Bonchev–Trinajstić information content (AvgIpc) is 2.74. The van der Waals surface area contributed by atoms with Crippen LogP contribution in [0.5, 0.6) is 0 Å². The Hall–Kier alpha value is -0.380.